The van der Waals surface area contributed by atoms with Gasteiger partial charge in [0.2, 0.25) is 0 Å². The van der Waals surface area contributed by atoms with Crippen molar-refractivity contribution in [1.82, 2.24) is 0 Å². The second-order valence-corrected chi connectivity index (χ2v) is 9.81. The molecule has 0 amide bonds. The van der Waals surface area contributed by atoms with Crippen LogP contribution in [0.3, 0.4) is 0 Å². The fourth-order valence-electron chi connectivity index (χ4n) is 7.53. The fraction of sp³-hybridized carbons (Fsp3) is 0.760. The molecular formula is C25H34O6. The van der Waals surface area contributed by atoms with Crippen LogP contribution < -0.4 is 0 Å². The Morgan fingerprint density at radius 3 is 3.00 bits per heavy atom. The van der Waals surface area contributed by atoms with E-state index in [4.69, 9.17) is 23.2 Å². The van der Waals surface area contributed by atoms with Gasteiger partial charge in [-0.25, -0.2) is 0 Å². The van der Waals surface area contributed by atoms with E-state index < -0.39 is 96.5 Å². The molecule has 3 saturated carbocycles. The number of ketones is 2. The maximum absolute atomic E-state index is 13.5. The van der Waals surface area contributed by atoms with Crippen molar-refractivity contribution in [1.29, 1.82) is 0 Å². The van der Waals surface area contributed by atoms with E-state index in [-0.39, 0.29) is 31.4 Å². The molecule has 6 nitrogen and oxygen atoms in total. The van der Waals surface area contributed by atoms with Gasteiger partial charge in [-0.1, -0.05) is 38.7 Å². The Morgan fingerprint density at radius 2 is 2.26 bits per heavy atom. The highest BCUT2D eigenvalue weighted by atomic mass is 16.7. The van der Waals surface area contributed by atoms with Crippen molar-refractivity contribution in [2.24, 2.45) is 28.6 Å². The Bertz CT molecular complexity index is 1260. The van der Waals surface area contributed by atoms with E-state index in [1.165, 1.54) is 0 Å². The molecule has 31 heavy (non-hydrogen) atoms. The summed E-state index contributed by atoms with van der Waals surface area (Å²) in [6.45, 7) is -1.10. The number of aliphatic hydroxyl groups is 2. The van der Waals surface area contributed by atoms with Crippen molar-refractivity contribution in [3.63, 3.8) is 0 Å². The van der Waals surface area contributed by atoms with Crippen LogP contribution in [0, 0.1) is 28.6 Å². The molecule has 1 heterocycles. The van der Waals surface area contributed by atoms with Crippen LogP contribution in [-0.2, 0) is 19.1 Å². The Morgan fingerprint density at radius 1 is 1.45 bits per heavy atom. The number of Topliss-reactive ketones (excluding diaryl/α,β-unsaturated/α-hetero) is 1. The van der Waals surface area contributed by atoms with Crippen LogP contribution in [0.2, 0.25) is 0 Å². The number of carbonyl (C=O) groups excluding carboxylic acids is 2. The highest BCUT2D eigenvalue weighted by Crippen LogP contribution is 2.69. The van der Waals surface area contributed by atoms with Crippen molar-refractivity contribution in [3.8, 4) is 0 Å². The van der Waals surface area contributed by atoms with Crippen molar-refractivity contribution >= 4 is 11.6 Å². The van der Waals surface area contributed by atoms with Gasteiger partial charge in [-0.05, 0) is 56.0 Å². The fourth-order valence-corrected chi connectivity index (χ4v) is 7.53. The van der Waals surface area contributed by atoms with Gasteiger partial charge in [0, 0.05) is 26.3 Å². The highest BCUT2D eigenvalue weighted by molar-refractivity contribution is 6.01. The smallest absolute Gasteiger partial charge is 0.193 e. The molecule has 0 aromatic heterocycles. The van der Waals surface area contributed by atoms with Gasteiger partial charge >= 0.3 is 0 Å². The lowest BCUT2D eigenvalue weighted by atomic mass is 9.46. The maximum Gasteiger partial charge on any atom is 0.193 e. The van der Waals surface area contributed by atoms with E-state index in [0.717, 1.165) is 0 Å². The summed E-state index contributed by atoms with van der Waals surface area (Å²) in [6, 6.07) is -1.22. The molecule has 4 fully saturated rings. The molecule has 4 aliphatic carbocycles. The average Bonchev–Trinajstić information content (AvgIpc) is 3.38. The summed E-state index contributed by atoms with van der Waals surface area (Å²) in [5, 5.41) is 21.7. The van der Waals surface area contributed by atoms with Crippen LogP contribution in [0.1, 0.15) is 72.8 Å². The van der Waals surface area contributed by atoms with E-state index in [0.29, 0.717) is 12.0 Å². The number of ether oxygens (including phenoxy) is 2. The van der Waals surface area contributed by atoms with Crippen molar-refractivity contribution in [2.45, 2.75) is 83.2 Å². The molecule has 5 aliphatic rings. The van der Waals surface area contributed by atoms with Gasteiger partial charge in [-0.2, -0.15) is 0 Å². The van der Waals surface area contributed by atoms with Crippen LogP contribution in [0.4, 0.5) is 0 Å². The van der Waals surface area contributed by atoms with Crippen LogP contribution >= 0.6 is 0 Å². The quantitative estimate of drug-likeness (QED) is 0.698. The van der Waals surface area contributed by atoms with Crippen LogP contribution in [-0.4, -0.2) is 52.5 Å². The molecule has 5 rings (SSSR count). The molecule has 0 aromatic carbocycles. The van der Waals surface area contributed by atoms with Gasteiger partial charge in [0.15, 0.2) is 23.5 Å². The largest absolute Gasteiger partial charge is 0.393 e. The minimum atomic E-state index is -3.43. The highest BCUT2D eigenvalue weighted by Gasteiger charge is 2.75. The van der Waals surface area contributed by atoms with Gasteiger partial charge in [0.05, 0.1) is 16.3 Å². The van der Waals surface area contributed by atoms with Crippen LogP contribution in [0.15, 0.2) is 23.7 Å². The molecule has 170 valence electrons. The third-order valence-corrected chi connectivity index (χ3v) is 8.66. The van der Waals surface area contributed by atoms with Gasteiger partial charge in [-0.3, -0.25) is 9.59 Å². The average molecular weight is 441 g/mol. The number of carbonyl (C=O) groups is 2. The Hall–Kier alpha value is -1.34. The van der Waals surface area contributed by atoms with Gasteiger partial charge < -0.3 is 19.7 Å². The number of aliphatic hydroxyl groups excluding tert-OH is 2. The zero-order valence-corrected chi connectivity index (χ0v) is 17.5. The summed E-state index contributed by atoms with van der Waals surface area (Å²) in [5.41, 5.74) is -4.20. The van der Waals surface area contributed by atoms with Crippen molar-refractivity contribution < 1.29 is 43.0 Å². The minimum absolute atomic E-state index is 0.0754. The van der Waals surface area contributed by atoms with Crippen LogP contribution in [0.25, 0.3) is 0 Å². The maximum atomic E-state index is 13.5. The zero-order valence-electron chi connectivity index (χ0n) is 27.5. The van der Waals surface area contributed by atoms with Gasteiger partial charge in [0.1, 0.15) is 6.61 Å². The topological polar surface area (TPSA) is 93.1 Å². The number of hydrogen-bond donors (Lipinski definition) is 2. The predicted octanol–water partition coefficient (Wildman–Crippen LogP) is 2.72. The normalized spacial score (nSPS) is 57.4. The van der Waals surface area contributed by atoms with Gasteiger partial charge in [0.25, 0.3) is 0 Å². The van der Waals surface area contributed by atoms with E-state index in [1.807, 2.05) is 0 Å². The molecule has 6 heteroatoms. The number of fused-ring (bicyclic) bond motifs is 7. The zero-order chi connectivity index (χ0) is 30.9. The summed E-state index contributed by atoms with van der Waals surface area (Å²) in [7, 11) is 0. The third-order valence-electron chi connectivity index (χ3n) is 8.66. The van der Waals surface area contributed by atoms with Crippen molar-refractivity contribution in [3.05, 3.63) is 23.7 Å². The second kappa shape index (κ2) is 7.08. The predicted molar refractivity (Wildman–Crippen MR) is 113 cm³/mol. The Labute approximate surface area is 197 Å². The van der Waals surface area contributed by atoms with Crippen molar-refractivity contribution in [2.75, 3.05) is 6.61 Å². The summed E-state index contributed by atoms with van der Waals surface area (Å²) in [5.74, 6) is -3.25. The first kappa shape index (κ1) is 12.8. The molecule has 0 radical (unpaired) electrons. The summed E-state index contributed by atoms with van der Waals surface area (Å²) in [6.07, 6.45) is -10.6. The second-order valence-electron chi connectivity index (χ2n) is 9.81. The third kappa shape index (κ3) is 2.65. The van der Waals surface area contributed by atoms with E-state index in [2.05, 4.69) is 0 Å². The molecule has 0 spiro atoms. The molecule has 0 aromatic rings. The Kier molecular flexibility index (Phi) is 2.92. The summed E-state index contributed by atoms with van der Waals surface area (Å²) >= 11 is 0. The van der Waals surface area contributed by atoms with E-state index in [1.54, 1.807) is 13.8 Å². The molecule has 0 bridgehead atoms. The van der Waals surface area contributed by atoms with Gasteiger partial charge in [-0.15, -0.1) is 0 Å². The minimum Gasteiger partial charge on any atom is -0.393 e. The first-order valence-corrected chi connectivity index (χ1v) is 10.7. The SMILES string of the molecule is [2H]C1=C([2H])[C@@]2(C)C(=C([2H])C1=O)CC[C@@H]1[C@@H]2[C@@H](O)C[C@@]2(C)[C@H]1C[C@H]1OC(C([2H])([2H])C([2H])([2H])C([2H])([2H])[2H])O[C@]12C(=O)CO. The summed E-state index contributed by atoms with van der Waals surface area (Å²) < 4.78 is 92.7. The molecule has 1 unspecified atom stereocenters. The number of rotatable bonds is 4. The van der Waals surface area contributed by atoms with E-state index in [9.17, 15) is 19.8 Å². The first-order chi connectivity index (χ1) is 18.7. The van der Waals surface area contributed by atoms with E-state index >= 15 is 0 Å². The lowest BCUT2D eigenvalue weighted by Crippen LogP contribution is -2.63. The monoisotopic (exact) mass is 440 g/mol. The standard InChI is InChI=1S/C25H34O6/c1-4-5-21-30-20-11-17-16-7-6-14-10-15(27)8-9-23(14,2)22(16)18(28)12-24(17,3)25(20,31-21)19(29)13-26/h8-10,16-18,20-22,26,28H,4-7,11-13H2,1-3H3/t16-,17-,18-,20+,21?,22+,23-,24-,25+/m0/s1/i1D3,4D2,5D2,8D,9D,10D. The molecule has 2 N–H and O–H groups in total. The first-order valence-electron chi connectivity index (χ1n) is 15.7. The molecule has 1 saturated heterocycles. The lowest BCUT2D eigenvalue weighted by molar-refractivity contribution is -0.200. The van der Waals surface area contributed by atoms with Crippen LogP contribution in [0.5, 0.6) is 0 Å². The molecule has 9 atom stereocenters. The Balaban J connectivity index is 1.58. The molecular weight excluding hydrogens is 396 g/mol. The number of allylic oxidation sites excluding steroid dienone is 4. The number of hydrogen-bond acceptors (Lipinski definition) is 6. The molecule has 1 aliphatic heterocycles. The lowest BCUT2D eigenvalue weighted by Gasteiger charge is -2.59. The summed E-state index contributed by atoms with van der Waals surface area (Å²) in [4.78, 5) is 26.0.